The van der Waals surface area contributed by atoms with Gasteiger partial charge in [0.25, 0.3) is 0 Å². The predicted molar refractivity (Wildman–Crippen MR) is 146 cm³/mol. The highest BCUT2D eigenvalue weighted by Gasteiger charge is 2.33. The highest BCUT2D eigenvalue weighted by atomic mass is 31.2. The number of benzene rings is 4. The van der Waals surface area contributed by atoms with Crippen molar-refractivity contribution in [1.29, 1.82) is 0 Å². The lowest BCUT2D eigenvalue weighted by molar-refractivity contribution is 0.298. The maximum Gasteiger partial charge on any atom is 0.647 e. The van der Waals surface area contributed by atoms with E-state index in [1.54, 1.807) is 42.5 Å². The van der Waals surface area contributed by atoms with E-state index in [1.807, 2.05) is 87.5 Å². The molecule has 6 nitrogen and oxygen atoms in total. The molecule has 7 heteroatoms. The van der Waals surface area contributed by atoms with Gasteiger partial charge >= 0.3 is 7.82 Å². The van der Waals surface area contributed by atoms with Gasteiger partial charge in [-0.25, -0.2) is 4.98 Å². The molecule has 0 aliphatic rings. The lowest BCUT2D eigenvalue weighted by atomic mass is 10.2. The molecule has 0 bridgehead atoms. The summed E-state index contributed by atoms with van der Waals surface area (Å²) in [6.45, 7) is 5.90. The van der Waals surface area contributed by atoms with Crippen molar-refractivity contribution in [2.75, 3.05) is 0 Å². The van der Waals surface area contributed by atoms with Crippen molar-refractivity contribution in [3.05, 3.63) is 126 Å². The molecule has 1 N–H and O–H groups in total. The lowest BCUT2D eigenvalue weighted by Gasteiger charge is -2.19. The van der Waals surface area contributed by atoms with E-state index >= 15 is 0 Å². The van der Waals surface area contributed by atoms with Crippen molar-refractivity contribution in [2.45, 2.75) is 20.8 Å². The van der Waals surface area contributed by atoms with Gasteiger partial charge in [-0.3, -0.25) is 0 Å². The molecule has 0 saturated carbocycles. The molecule has 5 aromatic rings. The van der Waals surface area contributed by atoms with Gasteiger partial charge in [0.1, 0.15) is 17.2 Å². The molecule has 0 unspecified atom stereocenters. The van der Waals surface area contributed by atoms with Gasteiger partial charge in [-0.2, -0.15) is 4.57 Å². The highest BCUT2D eigenvalue weighted by Crippen LogP contribution is 2.49. The zero-order chi connectivity index (χ0) is 26.3. The first-order valence-electron chi connectivity index (χ1n) is 11.7. The number of para-hydroxylation sites is 1. The normalized spacial score (nSPS) is 10.8. The van der Waals surface area contributed by atoms with Crippen LogP contribution in [0.4, 0.5) is 0 Å². The van der Waals surface area contributed by atoms with Crippen molar-refractivity contribution in [3.63, 3.8) is 0 Å². The van der Waals surface area contributed by atoms with Crippen molar-refractivity contribution < 1.29 is 23.2 Å². The molecule has 0 saturated heterocycles. The fraction of sp³-hybridized carbons (Fsp3) is 0.100. The first-order chi connectivity index (χ1) is 17.8. The van der Waals surface area contributed by atoms with Gasteiger partial charge in [0.15, 0.2) is 0 Å². The summed E-state index contributed by atoms with van der Waals surface area (Å²) >= 11 is 0. The molecule has 0 fully saturated rings. The Bertz CT molecular complexity index is 1380. The van der Waals surface area contributed by atoms with E-state index in [0.29, 0.717) is 17.2 Å². The molecular weight excluding hydrogens is 485 g/mol. The zero-order valence-electron chi connectivity index (χ0n) is 20.9. The van der Waals surface area contributed by atoms with Crippen LogP contribution in [-0.4, -0.2) is 10.1 Å². The van der Waals surface area contributed by atoms with E-state index in [2.05, 4.69) is 4.98 Å². The molecule has 4 aromatic carbocycles. The summed E-state index contributed by atoms with van der Waals surface area (Å²) in [6, 6.07) is 32.7. The van der Waals surface area contributed by atoms with Crippen molar-refractivity contribution >= 4 is 18.7 Å². The molecule has 0 amide bonds. The Balaban J connectivity index is 0.000000241. The van der Waals surface area contributed by atoms with Crippen LogP contribution in [0.5, 0.6) is 23.1 Å². The first-order valence-corrected chi connectivity index (χ1v) is 13.2. The molecule has 0 spiro atoms. The van der Waals surface area contributed by atoms with Crippen LogP contribution in [0.2, 0.25) is 0 Å². The molecule has 0 atom stereocenters. The Labute approximate surface area is 216 Å². The van der Waals surface area contributed by atoms with Gasteiger partial charge in [-0.15, -0.1) is 0 Å². The second kappa shape index (κ2) is 11.6. The van der Waals surface area contributed by atoms with Gasteiger partial charge in [0.2, 0.25) is 5.88 Å². The number of rotatable bonds is 6. The number of hydrogen-bond donors (Lipinski definition) is 1. The standard InChI is InChI=1S/C21H21O4P.C9H7NO/c1-16-4-10-19(11-5-16)23-26(22,24-20-12-6-17(2)7-13-20)25-21-14-8-18(3)9-15-21;11-9-6-5-7-3-1-2-4-8(7)10-9/h4-15H,1-3H3;1-6H,(H,10,11). The third-order valence-electron chi connectivity index (χ3n) is 5.30. The van der Waals surface area contributed by atoms with Crippen molar-refractivity contribution in [1.82, 2.24) is 4.98 Å². The number of hydrogen-bond acceptors (Lipinski definition) is 6. The average molecular weight is 514 g/mol. The van der Waals surface area contributed by atoms with Gasteiger partial charge in [0.05, 0.1) is 5.52 Å². The topological polar surface area (TPSA) is 77.9 Å². The third-order valence-corrected chi connectivity index (χ3v) is 6.60. The Hall–Kier alpha value is -4.28. The van der Waals surface area contributed by atoms with Gasteiger partial charge in [-0.05, 0) is 69.3 Å². The molecule has 0 aliphatic heterocycles. The fourth-order valence-electron chi connectivity index (χ4n) is 3.30. The van der Waals surface area contributed by atoms with Gasteiger partial charge in [-0.1, -0.05) is 71.3 Å². The molecule has 37 heavy (non-hydrogen) atoms. The molecule has 5 rings (SSSR count). The number of aromatic nitrogens is 1. The molecule has 1 heterocycles. The minimum absolute atomic E-state index is 0.0729. The van der Waals surface area contributed by atoms with Crippen LogP contribution in [0.3, 0.4) is 0 Å². The monoisotopic (exact) mass is 513 g/mol. The highest BCUT2D eigenvalue weighted by molar-refractivity contribution is 7.49. The summed E-state index contributed by atoms with van der Waals surface area (Å²) in [7, 11) is -3.93. The summed E-state index contributed by atoms with van der Waals surface area (Å²) in [6.07, 6.45) is 0. The second-order valence-electron chi connectivity index (χ2n) is 8.52. The third kappa shape index (κ3) is 7.60. The van der Waals surface area contributed by atoms with Crippen LogP contribution in [-0.2, 0) is 4.57 Å². The number of phosphoric ester groups is 1. The SMILES string of the molecule is Cc1ccc(OP(=O)(Oc2ccc(C)cc2)Oc2ccc(C)cc2)cc1.Oc1ccc2ccccc2n1. The largest absolute Gasteiger partial charge is 0.647 e. The maximum atomic E-state index is 13.3. The van der Waals surface area contributed by atoms with Crippen molar-refractivity contribution in [2.24, 2.45) is 0 Å². The zero-order valence-corrected chi connectivity index (χ0v) is 21.8. The van der Waals surface area contributed by atoms with Crippen LogP contribution in [0, 0.1) is 20.8 Å². The van der Waals surface area contributed by atoms with E-state index < -0.39 is 7.82 Å². The van der Waals surface area contributed by atoms with Crippen molar-refractivity contribution in [3.8, 4) is 23.1 Å². The summed E-state index contributed by atoms with van der Waals surface area (Å²) in [5, 5.41) is 10.1. The number of aromatic hydroxyl groups is 1. The van der Waals surface area contributed by atoms with E-state index in [-0.39, 0.29) is 5.88 Å². The quantitative estimate of drug-likeness (QED) is 0.231. The van der Waals surface area contributed by atoms with Gasteiger partial charge < -0.3 is 18.7 Å². The van der Waals surface area contributed by atoms with E-state index in [1.165, 1.54) is 0 Å². The van der Waals surface area contributed by atoms with Crippen LogP contribution >= 0.6 is 7.82 Å². The fourth-order valence-corrected chi connectivity index (χ4v) is 4.55. The summed E-state index contributed by atoms with van der Waals surface area (Å²) in [5.41, 5.74) is 4.05. The molecular formula is C30H28NO5P. The maximum absolute atomic E-state index is 13.3. The second-order valence-corrected chi connectivity index (χ2v) is 9.96. The molecule has 0 aliphatic carbocycles. The number of phosphoric acid groups is 1. The smallest absolute Gasteiger partial charge is 0.493 e. The van der Waals surface area contributed by atoms with Crippen LogP contribution in [0.15, 0.2) is 109 Å². The number of nitrogens with zero attached hydrogens (tertiary/aromatic N) is 1. The Kier molecular flexibility index (Phi) is 8.11. The number of aryl methyl sites for hydroxylation is 3. The van der Waals surface area contributed by atoms with Crippen LogP contribution in [0.1, 0.15) is 16.7 Å². The molecule has 0 radical (unpaired) electrons. The predicted octanol–water partition coefficient (Wildman–Crippen LogP) is 8.20. The summed E-state index contributed by atoms with van der Waals surface area (Å²) in [4.78, 5) is 3.93. The van der Waals surface area contributed by atoms with Gasteiger partial charge in [0, 0.05) is 11.5 Å². The average Bonchev–Trinajstić information content (AvgIpc) is 2.88. The number of pyridine rings is 1. The summed E-state index contributed by atoms with van der Waals surface area (Å²) < 4.78 is 30.2. The minimum Gasteiger partial charge on any atom is -0.493 e. The molecule has 1 aromatic heterocycles. The van der Waals surface area contributed by atoms with E-state index in [0.717, 1.165) is 27.6 Å². The molecule has 188 valence electrons. The Morgan fingerprint density at radius 3 is 1.41 bits per heavy atom. The first kappa shape index (κ1) is 25.8. The lowest BCUT2D eigenvalue weighted by Crippen LogP contribution is -2.07. The van der Waals surface area contributed by atoms with E-state index in [4.69, 9.17) is 18.7 Å². The van der Waals surface area contributed by atoms with Crippen LogP contribution < -0.4 is 13.6 Å². The Morgan fingerprint density at radius 1 is 0.568 bits per heavy atom. The number of fused-ring (bicyclic) bond motifs is 1. The summed E-state index contributed by atoms with van der Waals surface area (Å²) in [5.74, 6) is 1.32. The Morgan fingerprint density at radius 2 is 0.973 bits per heavy atom. The van der Waals surface area contributed by atoms with Crippen LogP contribution in [0.25, 0.3) is 10.9 Å². The minimum atomic E-state index is -3.93. The van der Waals surface area contributed by atoms with E-state index in [9.17, 15) is 4.57 Å².